The van der Waals surface area contributed by atoms with Gasteiger partial charge in [0.15, 0.2) is 0 Å². The highest BCUT2D eigenvalue weighted by atomic mass is 32.2. The minimum absolute atomic E-state index is 0.635. The quantitative estimate of drug-likeness (QED) is 0.776. The molecule has 13 heavy (non-hydrogen) atoms. The van der Waals surface area contributed by atoms with Gasteiger partial charge >= 0.3 is 0 Å². The molecule has 0 amide bonds. The maximum atomic E-state index is 3.72. The Morgan fingerprint density at radius 1 is 1.54 bits per heavy atom. The zero-order valence-corrected chi connectivity index (χ0v) is 10.1. The molecule has 1 aliphatic carbocycles. The molecule has 76 valence electrons. The van der Waals surface area contributed by atoms with Crippen molar-refractivity contribution in [1.29, 1.82) is 0 Å². The molecule has 0 radical (unpaired) electrons. The van der Waals surface area contributed by atoms with E-state index in [-0.39, 0.29) is 0 Å². The van der Waals surface area contributed by atoms with Crippen LogP contribution < -0.4 is 5.32 Å². The average Bonchev–Trinajstić information content (AvgIpc) is 2.81. The first-order chi connectivity index (χ1) is 6.24. The van der Waals surface area contributed by atoms with Crippen molar-refractivity contribution in [3.8, 4) is 0 Å². The third-order valence-corrected chi connectivity index (χ3v) is 5.93. The molecule has 1 heterocycles. The molecule has 0 aromatic rings. The van der Waals surface area contributed by atoms with Crippen LogP contribution in [-0.4, -0.2) is 34.6 Å². The van der Waals surface area contributed by atoms with Crippen molar-refractivity contribution < 1.29 is 0 Å². The van der Waals surface area contributed by atoms with Crippen LogP contribution in [0.5, 0.6) is 0 Å². The first-order valence-electron chi connectivity index (χ1n) is 5.14. The molecule has 1 nitrogen and oxygen atoms in total. The Labute approximate surface area is 89.8 Å². The normalized spacial score (nSPS) is 36.5. The fraction of sp³-hybridized carbons (Fsp3) is 1.00. The van der Waals surface area contributed by atoms with E-state index in [4.69, 9.17) is 0 Å². The van der Waals surface area contributed by atoms with Gasteiger partial charge in [-0.2, -0.15) is 23.5 Å². The van der Waals surface area contributed by atoms with Gasteiger partial charge in [0, 0.05) is 28.3 Å². The summed E-state index contributed by atoms with van der Waals surface area (Å²) >= 11 is 4.17. The predicted octanol–water partition coefficient (Wildman–Crippen LogP) is 2.37. The van der Waals surface area contributed by atoms with Crippen molar-refractivity contribution in [1.82, 2.24) is 5.32 Å². The van der Waals surface area contributed by atoms with E-state index in [1.165, 1.54) is 31.6 Å². The molecule has 1 saturated heterocycles. The van der Waals surface area contributed by atoms with Gasteiger partial charge in [0.05, 0.1) is 0 Å². The smallest absolute Gasteiger partial charge is 0.0282 e. The molecule has 0 bridgehead atoms. The van der Waals surface area contributed by atoms with Crippen LogP contribution in [0.1, 0.15) is 26.2 Å². The number of hydrogen-bond acceptors (Lipinski definition) is 3. The highest BCUT2D eigenvalue weighted by Crippen LogP contribution is 2.46. The van der Waals surface area contributed by atoms with Gasteiger partial charge in [-0.25, -0.2) is 0 Å². The number of hydrogen-bond donors (Lipinski definition) is 1. The fourth-order valence-electron chi connectivity index (χ4n) is 1.88. The summed E-state index contributed by atoms with van der Waals surface area (Å²) in [6.45, 7) is 3.58. The Hall–Kier alpha value is 0.660. The van der Waals surface area contributed by atoms with Gasteiger partial charge in [0.2, 0.25) is 0 Å². The van der Waals surface area contributed by atoms with E-state index < -0.39 is 0 Å². The van der Waals surface area contributed by atoms with Crippen LogP contribution in [0.15, 0.2) is 0 Å². The summed E-state index contributed by atoms with van der Waals surface area (Å²) in [6.07, 6.45) is 6.48. The summed E-state index contributed by atoms with van der Waals surface area (Å²) in [6, 6.07) is 0.796. The average molecular weight is 217 g/mol. The van der Waals surface area contributed by atoms with Crippen molar-refractivity contribution in [2.24, 2.45) is 0 Å². The van der Waals surface area contributed by atoms with Crippen molar-refractivity contribution in [3.05, 3.63) is 0 Å². The fourth-order valence-corrected chi connectivity index (χ4v) is 3.80. The van der Waals surface area contributed by atoms with Crippen LogP contribution in [0.2, 0.25) is 0 Å². The summed E-state index contributed by atoms with van der Waals surface area (Å²) in [7, 11) is 0. The molecule has 0 spiro atoms. The van der Waals surface area contributed by atoms with E-state index >= 15 is 0 Å². The van der Waals surface area contributed by atoms with Gasteiger partial charge in [-0.05, 0) is 25.5 Å². The third kappa shape index (κ3) is 2.57. The zero-order valence-electron chi connectivity index (χ0n) is 8.51. The Morgan fingerprint density at radius 2 is 2.31 bits per heavy atom. The molecular weight excluding hydrogens is 198 g/mol. The van der Waals surface area contributed by atoms with Gasteiger partial charge in [0.25, 0.3) is 0 Å². The zero-order chi connectivity index (χ0) is 9.31. The molecular formula is C10H19NS2. The van der Waals surface area contributed by atoms with Crippen LogP contribution in [0, 0.1) is 0 Å². The molecule has 1 aliphatic heterocycles. The molecule has 3 heteroatoms. The second-order valence-electron chi connectivity index (χ2n) is 4.34. The number of nitrogens with one attached hydrogen (secondary N) is 1. The summed E-state index contributed by atoms with van der Waals surface area (Å²) in [5.41, 5.74) is 0. The Kier molecular flexibility index (Phi) is 3.16. The van der Waals surface area contributed by atoms with Crippen LogP contribution >= 0.6 is 23.5 Å². The van der Waals surface area contributed by atoms with Gasteiger partial charge in [-0.15, -0.1) is 0 Å². The molecule has 2 atom stereocenters. The van der Waals surface area contributed by atoms with Crippen molar-refractivity contribution in [2.75, 3.05) is 18.6 Å². The van der Waals surface area contributed by atoms with Crippen molar-refractivity contribution in [3.63, 3.8) is 0 Å². The first-order valence-corrected chi connectivity index (χ1v) is 7.42. The van der Waals surface area contributed by atoms with Gasteiger partial charge in [-0.1, -0.05) is 6.92 Å². The summed E-state index contributed by atoms with van der Waals surface area (Å²) in [4.78, 5) is 0. The Morgan fingerprint density at radius 3 is 2.77 bits per heavy atom. The topological polar surface area (TPSA) is 12.0 Å². The van der Waals surface area contributed by atoms with Crippen LogP contribution in [0.3, 0.4) is 0 Å². The lowest BCUT2D eigenvalue weighted by molar-refractivity contribution is 0.532. The molecule has 0 aromatic heterocycles. The summed E-state index contributed by atoms with van der Waals surface area (Å²) in [5, 5.41) is 4.60. The Balaban J connectivity index is 1.68. The maximum absolute atomic E-state index is 3.72. The predicted molar refractivity (Wildman–Crippen MR) is 63.8 cm³/mol. The van der Waals surface area contributed by atoms with Gasteiger partial charge in [-0.3, -0.25) is 0 Å². The lowest BCUT2D eigenvalue weighted by Gasteiger charge is -2.17. The molecule has 2 aliphatic rings. The van der Waals surface area contributed by atoms with Crippen LogP contribution in [0.4, 0.5) is 0 Å². The van der Waals surface area contributed by atoms with Crippen LogP contribution in [-0.2, 0) is 0 Å². The molecule has 2 fully saturated rings. The first kappa shape index (κ1) is 10.2. The van der Waals surface area contributed by atoms with E-state index in [1.807, 2.05) is 0 Å². The second kappa shape index (κ2) is 4.03. The van der Waals surface area contributed by atoms with Crippen molar-refractivity contribution >= 4 is 23.5 Å². The monoisotopic (exact) mass is 217 g/mol. The third-order valence-electron chi connectivity index (χ3n) is 3.15. The minimum Gasteiger partial charge on any atom is -0.312 e. The van der Waals surface area contributed by atoms with Gasteiger partial charge < -0.3 is 5.32 Å². The lowest BCUT2D eigenvalue weighted by atomic mass is 10.2. The summed E-state index contributed by atoms with van der Waals surface area (Å²) < 4.78 is 0.635. The standard InChI is InChI=1S/C10H19NS2/c1-8-5-9(6-13-8)11-7-10(12-2)3-4-10/h8-9,11H,3-7H2,1-2H3. The van der Waals surface area contributed by atoms with Crippen molar-refractivity contribution in [2.45, 2.75) is 42.2 Å². The van der Waals surface area contributed by atoms with Gasteiger partial charge in [0.1, 0.15) is 0 Å². The minimum atomic E-state index is 0.635. The molecule has 2 rings (SSSR count). The highest BCUT2D eigenvalue weighted by Gasteiger charge is 2.42. The molecule has 1 N–H and O–H groups in total. The Bertz CT molecular complexity index is 180. The number of thioether (sulfide) groups is 2. The van der Waals surface area contributed by atoms with E-state index in [2.05, 4.69) is 42.0 Å². The van der Waals surface area contributed by atoms with E-state index in [9.17, 15) is 0 Å². The lowest BCUT2D eigenvalue weighted by Crippen LogP contribution is -2.35. The summed E-state index contributed by atoms with van der Waals surface area (Å²) in [5.74, 6) is 1.33. The van der Waals surface area contributed by atoms with E-state index in [0.29, 0.717) is 4.75 Å². The molecule has 2 unspecified atom stereocenters. The maximum Gasteiger partial charge on any atom is 0.0282 e. The largest absolute Gasteiger partial charge is 0.312 e. The molecule has 1 saturated carbocycles. The second-order valence-corrected chi connectivity index (χ2v) is 7.09. The van der Waals surface area contributed by atoms with E-state index in [0.717, 1.165) is 11.3 Å². The molecule has 0 aromatic carbocycles. The van der Waals surface area contributed by atoms with E-state index in [1.54, 1.807) is 0 Å². The van der Waals surface area contributed by atoms with Crippen LogP contribution in [0.25, 0.3) is 0 Å². The highest BCUT2D eigenvalue weighted by molar-refractivity contribution is 8.00. The SMILES string of the molecule is CSC1(CNC2CSC(C)C2)CC1. The number of rotatable bonds is 4.